The Morgan fingerprint density at radius 3 is 2.41 bits per heavy atom. The van der Waals surface area contributed by atoms with Crippen molar-refractivity contribution in [2.24, 2.45) is 0 Å². The van der Waals surface area contributed by atoms with Crippen molar-refractivity contribution in [3.63, 3.8) is 0 Å². The minimum absolute atomic E-state index is 0.00713. The van der Waals surface area contributed by atoms with E-state index in [1.54, 1.807) is 0 Å². The quantitative estimate of drug-likeness (QED) is 0.946. The molecule has 1 aliphatic heterocycles. The Balaban J connectivity index is 1.69. The van der Waals surface area contributed by atoms with Crippen molar-refractivity contribution in [3.8, 4) is 0 Å². The SMILES string of the molecule is O=C1CN(C(=O)OCc2ccccc2)C(c2ccccc2)N1. The van der Waals surface area contributed by atoms with Crippen molar-refractivity contribution in [2.45, 2.75) is 12.8 Å². The molecule has 2 amide bonds. The van der Waals surface area contributed by atoms with E-state index >= 15 is 0 Å². The Bertz CT molecular complexity index is 658. The van der Waals surface area contributed by atoms with Gasteiger partial charge in [0.15, 0.2) is 0 Å². The number of carbonyl (C=O) groups is 2. The van der Waals surface area contributed by atoms with Gasteiger partial charge in [0.2, 0.25) is 5.91 Å². The fraction of sp³-hybridized carbons (Fsp3) is 0.176. The molecule has 1 aliphatic rings. The maximum absolute atomic E-state index is 12.3. The lowest BCUT2D eigenvalue weighted by Crippen LogP contribution is -2.33. The van der Waals surface area contributed by atoms with Crippen LogP contribution in [0, 0.1) is 0 Å². The number of rotatable bonds is 3. The van der Waals surface area contributed by atoms with Gasteiger partial charge in [-0.25, -0.2) is 4.79 Å². The third-order valence-electron chi connectivity index (χ3n) is 3.48. The Kier molecular flexibility index (Phi) is 4.05. The average molecular weight is 296 g/mol. The molecule has 0 radical (unpaired) electrons. The standard InChI is InChI=1S/C17H16N2O3/c20-15-11-19(16(18-15)14-9-5-2-6-10-14)17(21)22-12-13-7-3-1-4-8-13/h1-10,16H,11-12H2,(H,18,20). The van der Waals surface area contributed by atoms with Gasteiger partial charge in [-0.15, -0.1) is 0 Å². The number of benzene rings is 2. The fourth-order valence-electron chi connectivity index (χ4n) is 2.39. The van der Waals surface area contributed by atoms with E-state index in [2.05, 4.69) is 5.32 Å². The van der Waals surface area contributed by atoms with Gasteiger partial charge >= 0.3 is 6.09 Å². The van der Waals surface area contributed by atoms with Crippen LogP contribution in [0.3, 0.4) is 0 Å². The molecule has 2 aromatic carbocycles. The molecule has 2 aromatic rings. The summed E-state index contributed by atoms with van der Waals surface area (Å²) in [5, 5.41) is 2.79. The summed E-state index contributed by atoms with van der Waals surface area (Å²) in [5.74, 6) is -0.189. The molecular weight excluding hydrogens is 280 g/mol. The normalized spacial score (nSPS) is 17.2. The molecule has 112 valence electrons. The van der Waals surface area contributed by atoms with Crippen molar-refractivity contribution in [1.29, 1.82) is 0 Å². The van der Waals surface area contributed by atoms with Gasteiger partial charge in [0.05, 0.1) is 0 Å². The lowest BCUT2D eigenvalue weighted by molar-refractivity contribution is -0.118. The van der Waals surface area contributed by atoms with Crippen molar-refractivity contribution < 1.29 is 14.3 Å². The van der Waals surface area contributed by atoms with Gasteiger partial charge < -0.3 is 10.1 Å². The minimum atomic E-state index is -0.504. The van der Waals surface area contributed by atoms with Crippen LogP contribution in [-0.2, 0) is 16.1 Å². The summed E-state index contributed by atoms with van der Waals surface area (Å²) in [6, 6.07) is 18.8. The highest BCUT2D eigenvalue weighted by molar-refractivity contribution is 5.86. The minimum Gasteiger partial charge on any atom is -0.444 e. The lowest BCUT2D eigenvalue weighted by atomic mass is 10.2. The fourth-order valence-corrected chi connectivity index (χ4v) is 2.39. The molecule has 5 nitrogen and oxygen atoms in total. The van der Waals surface area contributed by atoms with Gasteiger partial charge in [0.25, 0.3) is 0 Å². The second kappa shape index (κ2) is 6.30. The molecule has 3 rings (SSSR count). The second-order valence-corrected chi connectivity index (χ2v) is 5.05. The molecule has 0 aliphatic carbocycles. The Hall–Kier alpha value is -2.82. The smallest absolute Gasteiger partial charge is 0.412 e. The van der Waals surface area contributed by atoms with Gasteiger partial charge in [-0.3, -0.25) is 9.69 Å². The molecule has 1 atom stereocenters. The summed E-state index contributed by atoms with van der Waals surface area (Å²) < 4.78 is 5.31. The van der Waals surface area contributed by atoms with Crippen LogP contribution in [0.2, 0.25) is 0 Å². The first-order chi connectivity index (χ1) is 10.7. The summed E-state index contributed by atoms with van der Waals surface area (Å²) in [6.07, 6.45) is -0.979. The molecule has 22 heavy (non-hydrogen) atoms. The van der Waals surface area contributed by atoms with E-state index in [-0.39, 0.29) is 19.1 Å². The highest BCUT2D eigenvalue weighted by Crippen LogP contribution is 2.23. The van der Waals surface area contributed by atoms with E-state index in [0.29, 0.717) is 0 Å². The van der Waals surface area contributed by atoms with Crippen LogP contribution in [0.1, 0.15) is 17.3 Å². The van der Waals surface area contributed by atoms with E-state index in [1.165, 1.54) is 4.90 Å². The highest BCUT2D eigenvalue weighted by Gasteiger charge is 2.35. The molecular formula is C17H16N2O3. The maximum atomic E-state index is 12.3. The summed E-state index contributed by atoms with van der Waals surface area (Å²) in [6.45, 7) is 0.194. The van der Waals surface area contributed by atoms with Crippen molar-refractivity contribution in [3.05, 3.63) is 71.8 Å². The molecule has 1 heterocycles. The van der Waals surface area contributed by atoms with E-state index in [9.17, 15) is 9.59 Å². The molecule has 5 heteroatoms. The number of nitrogens with zero attached hydrogens (tertiary/aromatic N) is 1. The largest absolute Gasteiger partial charge is 0.444 e. The van der Waals surface area contributed by atoms with Gasteiger partial charge in [0.1, 0.15) is 19.3 Å². The second-order valence-electron chi connectivity index (χ2n) is 5.05. The molecule has 1 saturated heterocycles. The predicted molar refractivity (Wildman–Crippen MR) is 80.7 cm³/mol. The van der Waals surface area contributed by atoms with E-state index in [4.69, 9.17) is 4.74 Å². The van der Waals surface area contributed by atoms with Crippen molar-refractivity contribution in [2.75, 3.05) is 6.54 Å². The molecule has 0 saturated carbocycles. The zero-order valence-corrected chi connectivity index (χ0v) is 11.9. The molecule has 0 bridgehead atoms. The van der Waals surface area contributed by atoms with Crippen LogP contribution in [0.4, 0.5) is 4.79 Å². The van der Waals surface area contributed by atoms with E-state index in [1.807, 2.05) is 60.7 Å². The van der Waals surface area contributed by atoms with Gasteiger partial charge in [0, 0.05) is 0 Å². The van der Waals surface area contributed by atoms with Gasteiger partial charge in [-0.2, -0.15) is 0 Å². The number of nitrogens with one attached hydrogen (secondary N) is 1. The molecule has 0 spiro atoms. The number of hydrogen-bond acceptors (Lipinski definition) is 3. The monoisotopic (exact) mass is 296 g/mol. The van der Waals surface area contributed by atoms with E-state index < -0.39 is 12.3 Å². The van der Waals surface area contributed by atoms with E-state index in [0.717, 1.165) is 11.1 Å². The summed E-state index contributed by atoms with van der Waals surface area (Å²) >= 11 is 0. The van der Waals surface area contributed by atoms with Crippen LogP contribution in [0.25, 0.3) is 0 Å². The zero-order valence-electron chi connectivity index (χ0n) is 11.9. The lowest BCUT2D eigenvalue weighted by Gasteiger charge is -2.23. The summed E-state index contributed by atoms with van der Waals surface area (Å²) in [7, 11) is 0. The van der Waals surface area contributed by atoms with Crippen LogP contribution < -0.4 is 5.32 Å². The third-order valence-corrected chi connectivity index (χ3v) is 3.48. The summed E-state index contributed by atoms with van der Waals surface area (Å²) in [5.41, 5.74) is 1.76. The number of amides is 2. The average Bonchev–Trinajstić information content (AvgIpc) is 2.96. The van der Waals surface area contributed by atoms with Crippen LogP contribution in [0.15, 0.2) is 60.7 Å². The first-order valence-electron chi connectivity index (χ1n) is 7.05. The zero-order chi connectivity index (χ0) is 15.4. The third kappa shape index (κ3) is 3.09. The van der Waals surface area contributed by atoms with Crippen LogP contribution >= 0.6 is 0 Å². The molecule has 1 unspecified atom stereocenters. The van der Waals surface area contributed by atoms with Gasteiger partial charge in [-0.1, -0.05) is 60.7 Å². The topological polar surface area (TPSA) is 58.6 Å². The van der Waals surface area contributed by atoms with Crippen LogP contribution in [0.5, 0.6) is 0 Å². The van der Waals surface area contributed by atoms with Crippen molar-refractivity contribution >= 4 is 12.0 Å². The number of ether oxygens (including phenoxy) is 1. The molecule has 1 fully saturated rings. The maximum Gasteiger partial charge on any atom is 0.412 e. The predicted octanol–water partition coefficient (Wildman–Crippen LogP) is 2.45. The van der Waals surface area contributed by atoms with Crippen molar-refractivity contribution in [1.82, 2.24) is 10.2 Å². The summed E-state index contributed by atoms with van der Waals surface area (Å²) in [4.78, 5) is 25.3. The first-order valence-corrected chi connectivity index (χ1v) is 7.05. The number of carbonyl (C=O) groups excluding carboxylic acids is 2. The highest BCUT2D eigenvalue weighted by atomic mass is 16.6. The first kappa shape index (κ1) is 14.1. The molecule has 1 N–H and O–H groups in total. The Morgan fingerprint density at radius 2 is 1.73 bits per heavy atom. The number of hydrogen-bond donors (Lipinski definition) is 1. The Labute approximate surface area is 128 Å². The van der Waals surface area contributed by atoms with Gasteiger partial charge in [-0.05, 0) is 11.1 Å². The van der Waals surface area contributed by atoms with Crippen LogP contribution in [-0.4, -0.2) is 23.4 Å². The molecule has 0 aromatic heterocycles. The Morgan fingerprint density at radius 1 is 1.09 bits per heavy atom.